The van der Waals surface area contributed by atoms with Gasteiger partial charge < -0.3 is 15.2 Å². The standard InChI is InChI=1S/C16H16F3NO2.ClH/c1-11-10-12(6-7-14(11)21-9-8-20)13-4-2-3-5-15(13)22-16(17,18)19;/h2-7,10H,8-9,20H2,1H3;1H. The van der Waals surface area contributed by atoms with Crippen LogP contribution in [0, 0.1) is 6.92 Å². The highest BCUT2D eigenvalue weighted by atomic mass is 35.5. The molecule has 0 aromatic heterocycles. The molecule has 23 heavy (non-hydrogen) atoms. The number of aryl methyl sites for hydroxylation is 1. The zero-order valence-electron chi connectivity index (χ0n) is 12.4. The number of rotatable bonds is 5. The zero-order valence-corrected chi connectivity index (χ0v) is 13.2. The van der Waals surface area contributed by atoms with Crippen LogP contribution < -0.4 is 15.2 Å². The van der Waals surface area contributed by atoms with E-state index in [1.54, 1.807) is 30.3 Å². The fourth-order valence-corrected chi connectivity index (χ4v) is 2.07. The highest BCUT2D eigenvalue weighted by molar-refractivity contribution is 5.85. The maximum absolute atomic E-state index is 12.5. The molecule has 7 heteroatoms. The topological polar surface area (TPSA) is 44.5 Å². The van der Waals surface area contributed by atoms with Crippen molar-refractivity contribution in [2.24, 2.45) is 5.73 Å². The van der Waals surface area contributed by atoms with Gasteiger partial charge in [0.05, 0.1) is 0 Å². The average molecular weight is 348 g/mol. The molecule has 126 valence electrons. The predicted molar refractivity (Wildman–Crippen MR) is 85.1 cm³/mol. The van der Waals surface area contributed by atoms with Gasteiger partial charge in [-0.1, -0.05) is 24.3 Å². The zero-order chi connectivity index (χ0) is 16.2. The van der Waals surface area contributed by atoms with Gasteiger partial charge in [-0.15, -0.1) is 25.6 Å². The van der Waals surface area contributed by atoms with Crippen LogP contribution in [0.15, 0.2) is 42.5 Å². The largest absolute Gasteiger partial charge is 0.573 e. The van der Waals surface area contributed by atoms with E-state index in [-0.39, 0.29) is 18.2 Å². The van der Waals surface area contributed by atoms with Crippen LogP contribution in [-0.2, 0) is 0 Å². The van der Waals surface area contributed by atoms with E-state index in [0.717, 1.165) is 5.56 Å². The molecule has 0 aliphatic heterocycles. The van der Waals surface area contributed by atoms with E-state index in [1.807, 2.05) is 6.92 Å². The molecule has 3 nitrogen and oxygen atoms in total. The van der Waals surface area contributed by atoms with Crippen molar-refractivity contribution in [2.45, 2.75) is 13.3 Å². The van der Waals surface area contributed by atoms with Gasteiger partial charge in [-0.3, -0.25) is 0 Å². The first-order valence-corrected chi connectivity index (χ1v) is 6.69. The van der Waals surface area contributed by atoms with Gasteiger partial charge in [0.25, 0.3) is 0 Å². The summed E-state index contributed by atoms with van der Waals surface area (Å²) in [6.45, 7) is 2.60. The normalized spacial score (nSPS) is 10.8. The number of nitrogens with two attached hydrogens (primary N) is 1. The van der Waals surface area contributed by atoms with E-state index in [9.17, 15) is 13.2 Å². The van der Waals surface area contributed by atoms with Crippen LogP contribution in [0.1, 0.15) is 5.56 Å². The van der Waals surface area contributed by atoms with Crippen LogP contribution in [0.2, 0.25) is 0 Å². The second-order valence-electron chi connectivity index (χ2n) is 4.66. The smallest absolute Gasteiger partial charge is 0.492 e. The fraction of sp³-hybridized carbons (Fsp3) is 0.250. The Morgan fingerprint density at radius 1 is 1.04 bits per heavy atom. The molecule has 0 fully saturated rings. The van der Waals surface area contributed by atoms with Crippen molar-refractivity contribution in [3.63, 3.8) is 0 Å². The lowest BCUT2D eigenvalue weighted by atomic mass is 10.0. The second-order valence-corrected chi connectivity index (χ2v) is 4.66. The number of hydrogen-bond acceptors (Lipinski definition) is 3. The molecule has 2 N–H and O–H groups in total. The van der Waals surface area contributed by atoms with E-state index in [0.29, 0.717) is 30.0 Å². The van der Waals surface area contributed by atoms with Gasteiger partial charge >= 0.3 is 6.36 Å². The molecular formula is C16H17ClF3NO2. The number of ether oxygens (including phenoxy) is 2. The van der Waals surface area contributed by atoms with Gasteiger partial charge in [0.2, 0.25) is 0 Å². The van der Waals surface area contributed by atoms with Crippen molar-refractivity contribution in [3.05, 3.63) is 48.0 Å². The van der Waals surface area contributed by atoms with E-state index < -0.39 is 6.36 Å². The Morgan fingerprint density at radius 3 is 2.35 bits per heavy atom. The van der Waals surface area contributed by atoms with Gasteiger partial charge in [-0.2, -0.15) is 0 Å². The summed E-state index contributed by atoms with van der Waals surface area (Å²) < 4.78 is 46.9. The Balaban J connectivity index is 0.00000264. The lowest BCUT2D eigenvalue weighted by molar-refractivity contribution is -0.274. The fourth-order valence-electron chi connectivity index (χ4n) is 2.07. The quantitative estimate of drug-likeness (QED) is 0.876. The molecule has 0 aliphatic rings. The third kappa shape index (κ3) is 5.33. The Bertz CT molecular complexity index is 647. The molecule has 0 bridgehead atoms. The van der Waals surface area contributed by atoms with Crippen LogP contribution in [0.4, 0.5) is 13.2 Å². The third-order valence-corrected chi connectivity index (χ3v) is 2.97. The molecule has 0 radical (unpaired) electrons. The van der Waals surface area contributed by atoms with Crippen molar-refractivity contribution in [1.82, 2.24) is 0 Å². The van der Waals surface area contributed by atoms with Crippen LogP contribution in [0.3, 0.4) is 0 Å². The van der Waals surface area contributed by atoms with Crippen molar-refractivity contribution in [1.29, 1.82) is 0 Å². The highest BCUT2D eigenvalue weighted by Gasteiger charge is 2.32. The molecule has 2 rings (SSSR count). The predicted octanol–water partition coefficient (Wildman–Crippen LogP) is 4.32. The average Bonchev–Trinajstić information content (AvgIpc) is 2.45. The number of benzene rings is 2. The maximum atomic E-state index is 12.5. The van der Waals surface area contributed by atoms with Crippen molar-refractivity contribution < 1.29 is 22.6 Å². The van der Waals surface area contributed by atoms with Crippen LogP contribution in [-0.4, -0.2) is 19.5 Å². The van der Waals surface area contributed by atoms with Crippen LogP contribution in [0.5, 0.6) is 11.5 Å². The summed E-state index contributed by atoms with van der Waals surface area (Å²) in [5.74, 6) is 0.424. The number of halogens is 4. The van der Waals surface area contributed by atoms with Gasteiger partial charge in [0.1, 0.15) is 18.1 Å². The summed E-state index contributed by atoms with van der Waals surface area (Å²) in [5, 5.41) is 0. The second kappa shape index (κ2) is 8.08. The lowest BCUT2D eigenvalue weighted by Gasteiger charge is -2.14. The highest BCUT2D eigenvalue weighted by Crippen LogP contribution is 2.35. The minimum absolute atomic E-state index is 0. The maximum Gasteiger partial charge on any atom is 0.573 e. The summed E-state index contributed by atoms with van der Waals surface area (Å²) in [7, 11) is 0. The molecule has 0 atom stereocenters. The Hall–Kier alpha value is -1.92. The molecular weight excluding hydrogens is 331 g/mol. The van der Waals surface area contributed by atoms with Crippen LogP contribution >= 0.6 is 12.4 Å². The Morgan fingerprint density at radius 2 is 1.74 bits per heavy atom. The first kappa shape index (κ1) is 19.1. The van der Waals surface area contributed by atoms with Crippen molar-refractivity contribution in [3.8, 4) is 22.6 Å². The minimum atomic E-state index is -4.73. The lowest BCUT2D eigenvalue weighted by Crippen LogP contribution is -2.17. The summed E-state index contributed by atoms with van der Waals surface area (Å²) in [4.78, 5) is 0. The summed E-state index contributed by atoms with van der Waals surface area (Å²) >= 11 is 0. The molecule has 0 saturated carbocycles. The first-order chi connectivity index (χ1) is 10.4. The van der Waals surface area contributed by atoms with Crippen LogP contribution in [0.25, 0.3) is 11.1 Å². The minimum Gasteiger partial charge on any atom is -0.492 e. The third-order valence-electron chi connectivity index (χ3n) is 2.97. The molecule has 0 amide bonds. The molecule has 0 saturated heterocycles. The summed E-state index contributed by atoms with van der Waals surface area (Å²) in [6.07, 6.45) is -4.73. The molecule has 0 heterocycles. The Kier molecular flexibility index (Phi) is 6.72. The van der Waals surface area contributed by atoms with Gasteiger partial charge in [-0.25, -0.2) is 0 Å². The molecule has 2 aromatic carbocycles. The van der Waals surface area contributed by atoms with Crippen molar-refractivity contribution in [2.75, 3.05) is 13.2 Å². The van der Waals surface area contributed by atoms with E-state index in [1.165, 1.54) is 12.1 Å². The van der Waals surface area contributed by atoms with Gasteiger partial charge in [0, 0.05) is 12.1 Å². The van der Waals surface area contributed by atoms with E-state index in [2.05, 4.69) is 4.74 Å². The van der Waals surface area contributed by atoms with Gasteiger partial charge in [-0.05, 0) is 36.2 Å². The first-order valence-electron chi connectivity index (χ1n) is 6.69. The molecule has 0 aliphatic carbocycles. The van der Waals surface area contributed by atoms with Crippen molar-refractivity contribution >= 4 is 12.4 Å². The molecule has 2 aromatic rings. The monoisotopic (exact) mass is 347 g/mol. The summed E-state index contributed by atoms with van der Waals surface area (Å²) in [6, 6.07) is 11.2. The van der Waals surface area contributed by atoms with Gasteiger partial charge in [0.15, 0.2) is 0 Å². The van der Waals surface area contributed by atoms with E-state index in [4.69, 9.17) is 10.5 Å². The SMILES string of the molecule is Cc1cc(-c2ccccc2OC(F)(F)F)ccc1OCCN.Cl. The number of hydrogen-bond donors (Lipinski definition) is 1. The summed E-state index contributed by atoms with van der Waals surface area (Å²) in [5.41, 5.74) is 7.18. The number of alkyl halides is 3. The molecule has 0 spiro atoms. The Labute approximate surface area is 138 Å². The number of para-hydroxylation sites is 1. The molecule has 0 unspecified atom stereocenters. The van der Waals surface area contributed by atoms with E-state index >= 15 is 0 Å².